The standard InChI is InChI=1S/C14H14FNO/c1-10-6-7-12(8-14(10)17)16-9-11-4-2-3-5-13(11)15/h2-8,16-17H,9H2,1H3. The van der Waals surface area contributed by atoms with Crippen molar-refractivity contribution in [3.8, 4) is 5.75 Å². The van der Waals surface area contributed by atoms with Crippen LogP contribution in [-0.2, 0) is 6.54 Å². The number of hydrogen-bond donors (Lipinski definition) is 2. The molecule has 0 radical (unpaired) electrons. The molecule has 0 amide bonds. The lowest BCUT2D eigenvalue weighted by molar-refractivity contribution is 0.471. The summed E-state index contributed by atoms with van der Waals surface area (Å²) in [5, 5.41) is 12.6. The Morgan fingerprint density at radius 2 is 1.94 bits per heavy atom. The van der Waals surface area contributed by atoms with Gasteiger partial charge in [0.15, 0.2) is 0 Å². The van der Waals surface area contributed by atoms with E-state index in [4.69, 9.17) is 0 Å². The number of aryl methyl sites for hydroxylation is 1. The molecule has 2 aromatic rings. The van der Waals surface area contributed by atoms with Gasteiger partial charge in [-0.15, -0.1) is 0 Å². The molecule has 0 unspecified atom stereocenters. The molecule has 0 spiro atoms. The number of benzene rings is 2. The minimum Gasteiger partial charge on any atom is -0.508 e. The Labute approximate surface area is 99.7 Å². The van der Waals surface area contributed by atoms with Gasteiger partial charge in [-0.3, -0.25) is 0 Å². The van der Waals surface area contributed by atoms with Gasteiger partial charge < -0.3 is 10.4 Å². The highest BCUT2D eigenvalue weighted by molar-refractivity contribution is 5.51. The van der Waals surface area contributed by atoms with Crippen LogP contribution in [0.2, 0.25) is 0 Å². The molecule has 0 saturated carbocycles. The smallest absolute Gasteiger partial charge is 0.128 e. The zero-order valence-corrected chi connectivity index (χ0v) is 9.57. The summed E-state index contributed by atoms with van der Waals surface area (Å²) in [7, 11) is 0. The van der Waals surface area contributed by atoms with Gasteiger partial charge in [-0.25, -0.2) is 4.39 Å². The highest BCUT2D eigenvalue weighted by Crippen LogP contribution is 2.21. The molecule has 0 bridgehead atoms. The van der Waals surface area contributed by atoms with Crippen molar-refractivity contribution in [1.82, 2.24) is 0 Å². The Morgan fingerprint density at radius 1 is 1.18 bits per heavy atom. The number of anilines is 1. The highest BCUT2D eigenvalue weighted by Gasteiger charge is 2.01. The molecule has 2 nitrogen and oxygen atoms in total. The minimum atomic E-state index is -0.226. The van der Waals surface area contributed by atoms with Crippen molar-refractivity contribution >= 4 is 5.69 Å². The van der Waals surface area contributed by atoms with E-state index in [0.717, 1.165) is 11.3 Å². The fourth-order valence-corrected chi connectivity index (χ4v) is 1.56. The molecule has 0 saturated heterocycles. The van der Waals surface area contributed by atoms with E-state index in [-0.39, 0.29) is 11.6 Å². The van der Waals surface area contributed by atoms with E-state index in [1.807, 2.05) is 19.1 Å². The van der Waals surface area contributed by atoms with Gasteiger partial charge in [0.2, 0.25) is 0 Å². The van der Waals surface area contributed by atoms with Crippen molar-refractivity contribution in [2.75, 3.05) is 5.32 Å². The molecular formula is C14H14FNO. The zero-order chi connectivity index (χ0) is 12.3. The topological polar surface area (TPSA) is 32.3 Å². The van der Waals surface area contributed by atoms with Crippen molar-refractivity contribution in [3.63, 3.8) is 0 Å². The molecular weight excluding hydrogens is 217 g/mol. The number of halogens is 1. The van der Waals surface area contributed by atoms with Gasteiger partial charge in [0.1, 0.15) is 11.6 Å². The van der Waals surface area contributed by atoms with Gasteiger partial charge in [0, 0.05) is 23.9 Å². The molecule has 0 heterocycles. The Hall–Kier alpha value is -2.03. The molecule has 88 valence electrons. The van der Waals surface area contributed by atoms with Crippen molar-refractivity contribution < 1.29 is 9.50 Å². The van der Waals surface area contributed by atoms with Gasteiger partial charge in [-0.05, 0) is 24.6 Å². The highest BCUT2D eigenvalue weighted by atomic mass is 19.1. The van der Waals surface area contributed by atoms with Crippen LogP contribution < -0.4 is 5.32 Å². The van der Waals surface area contributed by atoms with E-state index < -0.39 is 0 Å². The van der Waals surface area contributed by atoms with Crippen LogP contribution in [0.1, 0.15) is 11.1 Å². The maximum atomic E-state index is 13.3. The summed E-state index contributed by atoms with van der Waals surface area (Å²) < 4.78 is 13.3. The van der Waals surface area contributed by atoms with E-state index >= 15 is 0 Å². The monoisotopic (exact) mass is 231 g/mol. The summed E-state index contributed by atoms with van der Waals surface area (Å²) in [6, 6.07) is 11.9. The first-order valence-electron chi connectivity index (χ1n) is 5.44. The first-order chi connectivity index (χ1) is 8.16. The fraction of sp³-hybridized carbons (Fsp3) is 0.143. The van der Waals surface area contributed by atoms with E-state index in [1.54, 1.807) is 24.3 Å². The number of hydrogen-bond acceptors (Lipinski definition) is 2. The van der Waals surface area contributed by atoms with Crippen LogP contribution in [0, 0.1) is 12.7 Å². The van der Waals surface area contributed by atoms with Crippen LogP contribution in [0.5, 0.6) is 5.75 Å². The number of nitrogens with one attached hydrogen (secondary N) is 1. The number of phenols is 1. The third-order valence-corrected chi connectivity index (χ3v) is 2.65. The van der Waals surface area contributed by atoms with Crippen molar-refractivity contribution in [1.29, 1.82) is 0 Å². The first kappa shape index (κ1) is 11.5. The Kier molecular flexibility index (Phi) is 3.28. The average molecular weight is 231 g/mol. The minimum absolute atomic E-state index is 0.226. The second-order valence-electron chi connectivity index (χ2n) is 3.95. The fourth-order valence-electron chi connectivity index (χ4n) is 1.56. The molecule has 2 aromatic carbocycles. The lowest BCUT2D eigenvalue weighted by Gasteiger charge is -2.08. The number of rotatable bonds is 3. The van der Waals surface area contributed by atoms with Gasteiger partial charge in [0.25, 0.3) is 0 Å². The Bertz CT molecular complexity index is 525. The molecule has 0 aliphatic heterocycles. The molecule has 2 rings (SSSR count). The summed E-state index contributed by atoms with van der Waals surface area (Å²) >= 11 is 0. The van der Waals surface area contributed by atoms with Crippen LogP contribution in [0.15, 0.2) is 42.5 Å². The van der Waals surface area contributed by atoms with Crippen molar-refractivity contribution in [2.45, 2.75) is 13.5 Å². The lowest BCUT2D eigenvalue weighted by Crippen LogP contribution is -2.01. The van der Waals surface area contributed by atoms with Crippen LogP contribution in [0.25, 0.3) is 0 Å². The molecule has 0 aliphatic carbocycles. The molecule has 0 aromatic heterocycles. The number of phenolic OH excluding ortho intramolecular Hbond substituents is 1. The van der Waals surface area contributed by atoms with E-state index in [9.17, 15) is 9.50 Å². The second-order valence-corrected chi connectivity index (χ2v) is 3.95. The van der Waals surface area contributed by atoms with Gasteiger partial charge in [0.05, 0.1) is 0 Å². The Balaban J connectivity index is 2.08. The zero-order valence-electron chi connectivity index (χ0n) is 9.57. The summed E-state index contributed by atoms with van der Waals surface area (Å²) in [4.78, 5) is 0. The van der Waals surface area contributed by atoms with Crippen LogP contribution >= 0.6 is 0 Å². The molecule has 0 fully saturated rings. The van der Waals surface area contributed by atoms with Crippen LogP contribution in [-0.4, -0.2) is 5.11 Å². The molecule has 0 atom stereocenters. The lowest BCUT2D eigenvalue weighted by atomic mass is 10.2. The average Bonchev–Trinajstić information content (AvgIpc) is 2.32. The third kappa shape index (κ3) is 2.75. The number of aromatic hydroxyl groups is 1. The molecule has 0 aliphatic rings. The van der Waals surface area contributed by atoms with Gasteiger partial charge in [-0.1, -0.05) is 24.3 Å². The van der Waals surface area contributed by atoms with Crippen LogP contribution in [0.4, 0.5) is 10.1 Å². The summed E-state index contributed by atoms with van der Waals surface area (Å²) in [5.41, 5.74) is 2.20. The first-order valence-corrected chi connectivity index (χ1v) is 5.44. The van der Waals surface area contributed by atoms with Gasteiger partial charge in [-0.2, -0.15) is 0 Å². The molecule has 17 heavy (non-hydrogen) atoms. The molecule has 3 heteroatoms. The maximum Gasteiger partial charge on any atom is 0.128 e. The van der Waals surface area contributed by atoms with Crippen LogP contribution in [0.3, 0.4) is 0 Å². The van der Waals surface area contributed by atoms with E-state index in [1.165, 1.54) is 6.07 Å². The normalized spacial score (nSPS) is 10.2. The van der Waals surface area contributed by atoms with Crippen molar-refractivity contribution in [2.24, 2.45) is 0 Å². The van der Waals surface area contributed by atoms with Crippen molar-refractivity contribution in [3.05, 3.63) is 59.4 Å². The summed E-state index contributed by atoms with van der Waals surface area (Å²) in [6.45, 7) is 2.23. The van der Waals surface area contributed by atoms with Gasteiger partial charge >= 0.3 is 0 Å². The Morgan fingerprint density at radius 3 is 2.65 bits per heavy atom. The maximum absolute atomic E-state index is 13.3. The quantitative estimate of drug-likeness (QED) is 0.848. The summed E-state index contributed by atoms with van der Waals surface area (Å²) in [5.74, 6) is 0.0138. The van der Waals surface area contributed by atoms with E-state index in [2.05, 4.69) is 5.32 Å². The summed E-state index contributed by atoms with van der Waals surface area (Å²) in [6.07, 6.45) is 0. The predicted octanol–water partition coefficient (Wildman–Crippen LogP) is 3.45. The second kappa shape index (κ2) is 4.87. The largest absolute Gasteiger partial charge is 0.508 e. The SMILES string of the molecule is Cc1ccc(NCc2ccccc2F)cc1O. The van der Waals surface area contributed by atoms with E-state index in [0.29, 0.717) is 12.1 Å². The predicted molar refractivity (Wildman–Crippen MR) is 66.6 cm³/mol. The third-order valence-electron chi connectivity index (χ3n) is 2.65. The molecule has 2 N–H and O–H groups in total.